The van der Waals surface area contributed by atoms with Gasteiger partial charge < -0.3 is 19.7 Å². The lowest BCUT2D eigenvalue weighted by Gasteiger charge is -2.32. The Morgan fingerprint density at radius 1 is 1.18 bits per heavy atom. The first-order valence-corrected chi connectivity index (χ1v) is 9.45. The maximum absolute atomic E-state index is 14.3. The summed E-state index contributed by atoms with van der Waals surface area (Å²) in [7, 11) is 2.86. The molecule has 0 bridgehead atoms. The molecule has 2 aromatic rings. The number of benzene rings is 1. The Balaban J connectivity index is 1.54. The Hall–Kier alpha value is -2.67. The lowest BCUT2D eigenvalue weighted by Crippen LogP contribution is -2.45. The zero-order chi connectivity index (χ0) is 19.9. The zero-order valence-electron chi connectivity index (χ0n) is 16.3. The molecule has 1 amide bonds. The number of hydrogen-bond donors (Lipinski definition) is 1. The molecule has 1 fully saturated rings. The summed E-state index contributed by atoms with van der Waals surface area (Å²) in [6.45, 7) is 2.77. The van der Waals surface area contributed by atoms with Crippen LogP contribution in [0.3, 0.4) is 0 Å². The molecule has 150 valence electrons. The fourth-order valence-corrected chi connectivity index (χ4v) is 3.51. The number of piperidine rings is 1. The van der Waals surface area contributed by atoms with Crippen LogP contribution in [0, 0.1) is 5.82 Å². The van der Waals surface area contributed by atoms with Crippen molar-refractivity contribution in [3.8, 4) is 11.5 Å². The van der Waals surface area contributed by atoms with E-state index < -0.39 is 11.7 Å². The second kappa shape index (κ2) is 9.50. The Kier molecular flexibility index (Phi) is 6.81. The van der Waals surface area contributed by atoms with Gasteiger partial charge in [-0.2, -0.15) is 0 Å². The molecule has 1 saturated heterocycles. The van der Waals surface area contributed by atoms with Crippen molar-refractivity contribution in [2.75, 3.05) is 33.9 Å². The highest BCUT2D eigenvalue weighted by Crippen LogP contribution is 2.33. The average molecular weight is 387 g/mol. The molecule has 0 saturated carbocycles. The first kappa shape index (κ1) is 20.1. The Morgan fingerprint density at radius 2 is 1.89 bits per heavy atom. The number of halogens is 1. The van der Waals surface area contributed by atoms with Gasteiger partial charge in [0.2, 0.25) is 0 Å². The minimum Gasteiger partial charge on any atom is -0.493 e. The van der Waals surface area contributed by atoms with E-state index in [1.54, 1.807) is 0 Å². The summed E-state index contributed by atoms with van der Waals surface area (Å²) >= 11 is 0. The third-order valence-electron chi connectivity index (χ3n) is 5.11. The maximum Gasteiger partial charge on any atom is 0.258 e. The minimum absolute atomic E-state index is 0.0139. The summed E-state index contributed by atoms with van der Waals surface area (Å²) in [6.07, 6.45) is 6.25. The SMILES string of the molecule is COc1ccc(F)c(C(=O)NC2CCN(CCc3ccncc3)CC2)c1OC. The summed E-state index contributed by atoms with van der Waals surface area (Å²) in [6, 6.07) is 6.75. The van der Waals surface area contributed by atoms with E-state index in [4.69, 9.17) is 9.47 Å². The molecule has 0 spiro atoms. The number of carbonyl (C=O) groups excluding carboxylic acids is 1. The number of carbonyl (C=O) groups is 1. The molecule has 1 aromatic heterocycles. The Labute approximate surface area is 164 Å². The second-order valence-corrected chi connectivity index (χ2v) is 6.85. The highest BCUT2D eigenvalue weighted by molar-refractivity contribution is 5.98. The van der Waals surface area contributed by atoms with Crippen LogP contribution in [0.15, 0.2) is 36.7 Å². The summed E-state index contributed by atoms with van der Waals surface area (Å²) in [5.74, 6) is -0.636. The number of nitrogens with one attached hydrogen (secondary N) is 1. The molecular formula is C21H26FN3O3. The van der Waals surface area contributed by atoms with E-state index in [0.29, 0.717) is 5.75 Å². The molecule has 7 heteroatoms. The topological polar surface area (TPSA) is 63.7 Å². The molecule has 1 aliphatic heterocycles. The van der Waals surface area contributed by atoms with E-state index in [1.165, 1.54) is 31.9 Å². The minimum atomic E-state index is -0.620. The first-order chi connectivity index (χ1) is 13.6. The fraction of sp³-hybridized carbons (Fsp3) is 0.429. The van der Waals surface area contributed by atoms with Crippen LogP contribution in [-0.2, 0) is 6.42 Å². The number of ether oxygens (including phenoxy) is 2. The van der Waals surface area contributed by atoms with Gasteiger partial charge in [-0.3, -0.25) is 9.78 Å². The van der Waals surface area contributed by atoms with Crippen molar-refractivity contribution < 1.29 is 18.7 Å². The van der Waals surface area contributed by atoms with E-state index in [-0.39, 0.29) is 17.4 Å². The predicted molar refractivity (Wildman–Crippen MR) is 104 cm³/mol. The molecule has 1 aliphatic rings. The number of nitrogens with zero attached hydrogens (tertiary/aromatic N) is 2. The van der Waals surface area contributed by atoms with E-state index >= 15 is 0 Å². The zero-order valence-corrected chi connectivity index (χ0v) is 16.3. The standard InChI is InChI=1S/C21H26FN3O3/c1-27-18-4-3-17(22)19(20(18)28-2)21(26)24-16-8-13-25(14-9-16)12-7-15-5-10-23-11-6-15/h3-6,10-11,16H,7-9,12-14H2,1-2H3,(H,24,26). The summed E-state index contributed by atoms with van der Waals surface area (Å²) in [5.41, 5.74) is 1.16. The highest BCUT2D eigenvalue weighted by atomic mass is 19.1. The van der Waals surface area contributed by atoms with Gasteiger partial charge in [0.25, 0.3) is 5.91 Å². The van der Waals surface area contributed by atoms with Crippen LogP contribution in [0.1, 0.15) is 28.8 Å². The van der Waals surface area contributed by atoms with Crippen molar-refractivity contribution in [2.45, 2.75) is 25.3 Å². The highest BCUT2D eigenvalue weighted by Gasteiger charge is 2.26. The van der Waals surface area contributed by atoms with E-state index in [9.17, 15) is 9.18 Å². The van der Waals surface area contributed by atoms with Crippen LogP contribution in [0.4, 0.5) is 4.39 Å². The largest absolute Gasteiger partial charge is 0.493 e. The van der Waals surface area contributed by atoms with Gasteiger partial charge in [0, 0.05) is 38.1 Å². The summed E-state index contributed by atoms with van der Waals surface area (Å²) < 4.78 is 24.7. The van der Waals surface area contributed by atoms with Gasteiger partial charge in [0.15, 0.2) is 11.5 Å². The molecule has 3 rings (SSSR count). The third kappa shape index (κ3) is 4.78. The molecule has 2 heterocycles. The molecule has 28 heavy (non-hydrogen) atoms. The monoisotopic (exact) mass is 387 g/mol. The number of aromatic nitrogens is 1. The normalized spacial score (nSPS) is 15.2. The van der Waals surface area contributed by atoms with Crippen LogP contribution >= 0.6 is 0 Å². The first-order valence-electron chi connectivity index (χ1n) is 9.45. The van der Waals surface area contributed by atoms with Crippen LogP contribution in [0.25, 0.3) is 0 Å². The Bertz CT molecular complexity index is 793. The van der Waals surface area contributed by atoms with Gasteiger partial charge in [-0.25, -0.2) is 4.39 Å². The third-order valence-corrected chi connectivity index (χ3v) is 5.11. The van der Waals surface area contributed by atoms with Gasteiger partial charge in [-0.15, -0.1) is 0 Å². The molecular weight excluding hydrogens is 361 g/mol. The molecule has 6 nitrogen and oxygen atoms in total. The lowest BCUT2D eigenvalue weighted by molar-refractivity contribution is 0.0903. The van der Waals surface area contributed by atoms with Gasteiger partial charge in [0.05, 0.1) is 14.2 Å². The van der Waals surface area contributed by atoms with Crippen LogP contribution in [0.5, 0.6) is 11.5 Å². The van der Waals surface area contributed by atoms with Crippen molar-refractivity contribution >= 4 is 5.91 Å². The molecule has 1 aromatic carbocycles. The molecule has 0 unspecified atom stereocenters. The molecule has 0 radical (unpaired) electrons. The smallest absolute Gasteiger partial charge is 0.258 e. The number of likely N-dealkylation sites (tertiary alicyclic amines) is 1. The van der Waals surface area contributed by atoms with E-state index in [1.807, 2.05) is 24.5 Å². The summed E-state index contributed by atoms with van der Waals surface area (Å²) in [5, 5.41) is 2.95. The van der Waals surface area contributed by atoms with Gasteiger partial charge >= 0.3 is 0 Å². The molecule has 0 atom stereocenters. The van der Waals surface area contributed by atoms with Crippen LogP contribution < -0.4 is 14.8 Å². The number of amides is 1. The van der Waals surface area contributed by atoms with Crippen molar-refractivity contribution in [2.24, 2.45) is 0 Å². The maximum atomic E-state index is 14.3. The summed E-state index contributed by atoms with van der Waals surface area (Å²) in [4.78, 5) is 19.1. The number of methoxy groups -OCH3 is 2. The number of rotatable bonds is 7. The molecule has 1 N–H and O–H groups in total. The van der Waals surface area contributed by atoms with Crippen LogP contribution in [-0.4, -0.2) is 55.7 Å². The fourth-order valence-electron chi connectivity index (χ4n) is 3.51. The number of hydrogen-bond acceptors (Lipinski definition) is 5. The van der Waals surface area contributed by atoms with Gasteiger partial charge in [-0.1, -0.05) is 0 Å². The average Bonchev–Trinajstić information content (AvgIpc) is 2.73. The van der Waals surface area contributed by atoms with Crippen LogP contribution in [0.2, 0.25) is 0 Å². The van der Waals surface area contributed by atoms with Crippen molar-refractivity contribution in [3.05, 3.63) is 53.6 Å². The van der Waals surface area contributed by atoms with E-state index in [0.717, 1.165) is 38.9 Å². The van der Waals surface area contributed by atoms with Gasteiger partial charge in [-0.05, 0) is 49.1 Å². The van der Waals surface area contributed by atoms with E-state index in [2.05, 4.69) is 15.2 Å². The lowest BCUT2D eigenvalue weighted by atomic mass is 10.0. The second-order valence-electron chi connectivity index (χ2n) is 6.85. The Morgan fingerprint density at radius 3 is 2.54 bits per heavy atom. The molecule has 0 aliphatic carbocycles. The quantitative estimate of drug-likeness (QED) is 0.791. The predicted octanol–water partition coefficient (Wildman–Crippen LogP) is 2.67. The van der Waals surface area contributed by atoms with Gasteiger partial charge in [0.1, 0.15) is 11.4 Å². The number of pyridine rings is 1. The van der Waals surface area contributed by atoms with Crippen molar-refractivity contribution in [1.29, 1.82) is 0 Å². The van der Waals surface area contributed by atoms with Crippen molar-refractivity contribution in [1.82, 2.24) is 15.2 Å². The van der Waals surface area contributed by atoms with Crippen molar-refractivity contribution in [3.63, 3.8) is 0 Å².